The van der Waals surface area contributed by atoms with Crippen LogP contribution in [0.3, 0.4) is 0 Å². The minimum atomic E-state index is -0.144. The Morgan fingerprint density at radius 3 is 1.84 bits per heavy atom. The molecule has 2 N–H and O–H groups in total. The molecule has 0 aliphatic rings. The fraction of sp³-hybridized carbons (Fsp3) is 0.571. The lowest BCUT2D eigenvalue weighted by Crippen LogP contribution is -2.06. The number of hydrogen-bond donors (Lipinski definition) is 2. The smallest absolute Gasteiger partial charge is 0.173 e. The zero-order chi connectivity index (χ0) is 15.0. The standard InChI is InChI=1S/C8H18O.C6H4Br2O2/c1-7(2)5-9-6-8(3)4;7-3-1-2-4(9)6(10)5(3)8/h7-8H,5-6H2,1-4H3;1-2,9-10H. The SMILES string of the molecule is CC(C)COCC(C)C.Oc1ccc(Br)c(Br)c1O. The lowest BCUT2D eigenvalue weighted by atomic mass is 10.2. The van der Waals surface area contributed by atoms with E-state index in [1.807, 2.05) is 0 Å². The van der Waals surface area contributed by atoms with Gasteiger partial charge in [-0.1, -0.05) is 27.7 Å². The molecule has 0 unspecified atom stereocenters. The van der Waals surface area contributed by atoms with Gasteiger partial charge < -0.3 is 14.9 Å². The highest BCUT2D eigenvalue weighted by Crippen LogP contribution is 2.38. The minimum Gasteiger partial charge on any atom is -0.504 e. The number of rotatable bonds is 4. The van der Waals surface area contributed by atoms with Crippen LogP contribution in [0.4, 0.5) is 0 Å². The molecule has 19 heavy (non-hydrogen) atoms. The monoisotopic (exact) mass is 396 g/mol. The van der Waals surface area contributed by atoms with Crippen LogP contribution in [0.1, 0.15) is 27.7 Å². The van der Waals surface area contributed by atoms with E-state index in [2.05, 4.69) is 59.6 Å². The van der Waals surface area contributed by atoms with Gasteiger partial charge in [0, 0.05) is 17.7 Å². The lowest BCUT2D eigenvalue weighted by Gasteiger charge is -2.07. The molecule has 0 spiro atoms. The zero-order valence-corrected chi connectivity index (χ0v) is 15.0. The maximum Gasteiger partial charge on any atom is 0.173 e. The molecule has 110 valence electrons. The Morgan fingerprint density at radius 1 is 1.00 bits per heavy atom. The Bertz CT molecular complexity index is 344. The number of phenolic OH excluding ortho intramolecular Hbond substituents is 2. The van der Waals surface area contributed by atoms with Gasteiger partial charge in [0.15, 0.2) is 11.5 Å². The first-order chi connectivity index (χ1) is 8.75. The molecule has 5 heteroatoms. The van der Waals surface area contributed by atoms with Crippen LogP contribution in [-0.4, -0.2) is 23.4 Å². The van der Waals surface area contributed by atoms with Crippen LogP contribution in [0.15, 0.2) is 21.1 Å². The topological polar surface area (TPSA) is 49.7 Å². The van der Waals surface area contributed by atoms with Gasteiger partial charge in [-0.3, -0.25) is 0 Å². The van der Waals surface area contributed by atoms with Crippen molar-refractivity contribution in [2.75, 3.05) is 13.2 Å². The molecule has 0 fully saturated rings. The molecule has 0 amide bonds. The third-order valence-corrected chi connectivity index (χ3v) is 3.95. The molecule has 0 bridgehead atoms. The van der Waals surface area contributed by atoms with Crippen molar-refractivity contribution in [1.82, 2.24) is 0 Å². The van der Waals surface area contributed by atoms with Crippen molar-refractivity contribution < 1.29 is 14.9 Å². The molecule has 0 radical (unpaired) electrons. The van der Waals surface area contributed by atoms with Gasteiger partial charge in [0.2, 0.25) is 0 Å². The van der Waals surface area contributed by atoms with E-state index < -0.39 is 0 Å². The maximum absolute atomic E-state index is 9.06. The predicted octanol–water partition coefficient (Wildman–Crippen LogP) is 4.94. The minimum absolute atomic E-state index is 0.130. The highest BCUT2D eigenvalue weighted by molar-refractivity contribution is 9.13. The second kappa shape index (κ2) is 9.61. The molecule has 1 aromatic carbocycles. The first-order valence-electron chi connectivity index (χ1n) is 6.19. The summed E-state index contributed by atoms with van der Waals surface area (Å²) in [5.74, 6) is 1.07. The molecule has 1 aromatic rings. The third-order valence-electron chi connectivity index (χ3n) is 1.95. The number of benzene rings is 1. The van der Waals surface area contributed by atoms with Crippen LogP contribution in [0, 0.1) is 11.8 Å². The van der Waals surface area contributed by atoms with Gasteiger partial charge in [-0.25, -0.2) is 0 Å². The van der Waals surface area contributed by atoms with E-state index in [9.17, 15) is 0 Å². The van der Waals surface area contributed by atoms with E-state index in [0.717, 1.165) is 13.2 Å². The summed E-state index contributed by atoms with van der Waals surface area (Å²) < 4.78 is 6.53. The van der Waals surface area contributed by atoms with Crippen molar-refractivity contribution >= 4 is 31.9 Å². The summed E-state index contributed by atoms with van der Waals surface area (Å²) in [5, 5.41) is 18.0. The number of hydrogen-bond acceptors (Lipinski definition) is 3. The van der Waals surface area contributed by atoms with Crippen molar-refractivity contribution in [3.63, 3.8) is 0 Å². The van der Waals surface area contributed by atoms with E-state index in [4.69, 9.17) is 14.9 Å². The van der Waals surface area contributed by atoms with Crippen LogP contribution < -0.4 is 0 Å². The van der Waals surface area contributed by atoms with Gasteiger partial charge >= 0.3 is 0 Å². The number of phenols is 2. The summed E-state index contributed by atoms with van der Waals surface area (Å²) in [6.45, 7) is 10.5. The molecule has 0 aliphatic carbocycles. The zero-order valence-electron chi connectivity index (χ0n) is 11.8. The summed E-state index contributed by atoms with van der Waals surface area (Å²) in [6.07, 6.45) is 0. The molecular formula is C14H22Br2O3. The van der Waals surface area contributed by atoms with Crippen LogP contribution in [0.2, 0.25) is 0 Å². The summed E-state index contributed by atoms with van der Waals surface area (Å²) in [6, 6.07) is 3.04. The summed E-state index contributed by atoms with van der Waals surface area (Å²) in [4.78, 5) is 0. The second-order valence-electron chi connectivity index (χ2n) is 5.05. The number of ether oxygens (including phenoxy) is 1. The highest BCUT2D eigenvalue weighted by atomic mass is 79.9. The van der Waals surface area contributed by atoms with Crippen molar-refractivity contribution in [2.45, 2.75) is 27.7 Å². The van der Waals surface area contributed by atoms with Crippen LogP contribution >= 0.6 is 31.9 Å². The fourth-order valence-corrected chi connectivity index (χ4v) is 1.72. The predicted molar refractivity (Wildman–Crippen MR) is 85.7 cm³/mol. The first kappa shape index (κ1) is 18.7. The molecule has 0 atom stereocenters. The largest absolute Gasteiger partial charge is 0.504 e. The summed E-state index contributed by atoms with van der Waals surface area (Å²) in [5.41, 5.74) is 0. The second-order valence-corrected chi connectivity index (χ2v) is 6.70. The molecule has 0 saturated carbocycles. The number of halogens is 2. The lowest BCUT2D eigenvalue weighted by molar-refractivity contribution is 0.0886. The quantitative estimate of drug-likeness (QED) is 0.707. The van der Waals surface area contributed by atoms with Gasteiger partial charge in [0.25, 0.3) is 0 Å². The highest BCUT2D eigenvalue weighted by Gasteiger charge is 2.06. The van der Waals surface area contributed by atoms with Crippen molar-refractivity contribution in [3.05, 3.63) is 21.1 Å². The van der Waals surface area contributed by atoms with E-state index in [0.29, 0.717) is 20.8 Å². The average molecular weight is 398 g/mol. The third kappa shape index (κ3) is 8.50. The van der Waals surface area contributed by atoms with Gasteiger partial charge in [-0.15, -0.1) is 0 Å². The molecule has 0 aromatic heterocycles. The molecule has 3 nitrogen and oxygen atoms in total. The van der Waals surface area contributed by atoms with Gasteiger partial charge in [-0.05, 0) is 55.8 Å². The van der Waals surface area contributed by atoms with Crippen LogP contribution in [-0.2, 0) is 4.74 Å². The van der Waals surface area contributed by atoms with Gasteiger partial charge in [0.1, 0.15) is 0 Å². The van der Waals surface area contributed by atoms with Crippen molar-refractivity contribution in [3.8, 4) is 11.5 Å². The van der Waals surface area contributed by atoms with E-state index in [-0.39, 0.29) is 11.5 Å². The first-order valence-corrected chi connectivity index (χ1v) is 7.78. The Labute approximate surface area is 132 Å². The average Bonchev–Trinajstić information content (AvgIpc) is 2.31. The Kier molecular flexibility index (Phi) is 9.48. The molecule has 1 rings (SSSR count). The Morgan fingerprint density at radius 2 is 1.47 bits per heavy atom. The van der Waals surface area contributed by atoms with Gasteiger partial charge in [-0.2, -0.15) is 0 Å². The summed E-state index contributed by atoms with van der Waals surface area (Å²) >= 11 is 6.24. The summed E-state index contributed by atoms with van der Waals surface area (Å²) in [7, 11) is 0. The molecule has 0 saturated heterocycles. The van der Waals surface area contributed by atoms with E-state index >= 15 is 0 Å². The molecular weight excluding hydrogens is 376 g/mol. The van der Waals surface area contributed by atoms with Gasteiger partial charge in [0.05, 0.1) is 4.47 Å². The normalized spacial score (nSPS) is 10.5. The Balaban J connectivity index is 0.000000344. The van der Waals surface area contributed by atoms with Crippen molar-refractivity contribution in [1.29, 1.82) is 0 Å². The maximum atomic E-state index is 9.06. The van der Waals surface area contributed by atoms with Crippen LogP contribution in [0.5, 0.6) is 11.5 Å². The number of aromatic hydroxyl groups is 2. The Hall–Kier alpha value is -0.260. The van der Waals surface area contributed by atoms with E-state index in [1.54, 1.807) is 6.07 Å². The fourth-order valence-electron chi connectivity index (χ4n) is 1.07. The van der Waals surface area contributed by atoms with E-state index in [1.165, 1.54) is 6.07 Å². The van der Waals surface area contributed by atoms with Crippen molar-refractivity contribution in [2.24, 2.45) is 11.8 Å². The molecule has 0 heterocycles. The van der Waals surface area contributed by atoms with Crippen LogP contribution in [0.25, 0.3) is 0 Å². The molecule has 0 aliphatic heterocycles.